The number of rotatable bonds is 0. The number of nitrogens with two attached hydrogens (primary N) is 1. The van der Waals surface area contributed by atoms with Crippen molar-refractivity contribution in [3.63, 3.8) is 0 Å². The summed E-state index contributed by atoms with van der Waals surface area (Å²) >= 11 is 0. The minimum atomic E-state index is -4.34. The maximum absolute atomic E-state index is 12.2. The highest BCUT2D eigenvalue weighted by Crippen LogP contribution is 2.28. The van der Waals surface area contributed by atoms with E-state index >= 15 is 0 Å². The Morgan fingerprint density at radius 1 is 1.50 bits per heavy atom. The van der Waals surface area contributed by atoms with Gasteiger partial charge in [0, 0.05) is 0 Å². The normalized spacial score (nSPS) is 24.2. The third kappa shape index (κ3) is 1.79. The minimum Gasteiger partial charge on any atom is -0.362 e. The first kappa shape index (κ1) is 9.12. The van der Waals surface area contributed by atoms with E-state index in [1.54, 1.807) is 0 Å². The number of nitrogens with one attached hydrogen (secondary N) is 1. The predicted octanol–water partition coefficient (Wildman–Crippen LogP) is 1.27. The summed E-state index contributed by atoms with van der Waals surface area (Å²) in [5.74, 6) is 0. The molecule has 0 aromatic rings. The van der Waals surface area contributed by atoms with Crippen LogP contribution >= 0.6 is 0 Å². The molecule has 1 unspecified atom stereocenters. The molecular weight excluding hydrogens is 169 g/mol. The van der Waals surface area contributed by atoms with Crippen LogP contribution in [0.1, 0.15) is 6.92 Å². The van der Waals surface area contributed by atoms with Crippen LogP contribution in [0.25, 0.3) is 0 Å². The number of alkyl halides is 3. The van der Waals surface area contributed by atoms with Crippen molar-refractivity contribution in [2.45, 2.75) is 19.3 Å². The van der Waals surface area contributed by atoms with Crippen molar-refractivity contribution in [1.82, 2.24) is 5.32 Å². The van der Waals surface area contributed by atoms with Gasteiger partial charge in [-0.3, -0.25) is 0 Å². The molecule has 0 aromatic heterocycles. The molecular formula is C7H9F3N2. The molecule has 2 nitrogen and oxygen atoms in total. The molecule has 0 spiro atoms. The monoisotopic (exact) mass is 178 g/mol. The number of dihydropyridines is 1. The van der Waals surface area contributed by atoms with E-state index in [1.807, 2.05) is 0 Å². The largest absolute Gasteiger partial charge is 0.431 e. The zero-order valence-electron chi connectivity index (χ0n) is 6.44. The van der Waals surface area contributed by atoms with Crippen LogP contribution < -0.4 is 11.1 Å². The summed E-state index contributed by atoms with van der Waals surface area (Å²) in [5.41, 5.74) is 4.66. The van der Waals surface area contributed by atoms with Crippen molar-refractivity contribution in [2.75, 3.05) is 0 Å². The molecule has 0 fully saturated rings. The molecule has 0 aliphatic carbocycles. The summed E-state index contributed by atoms with van der Waals surface area (Å²) in [5, 5.41) is 2.15. The zero-order valence-corrected chi connectivity index (χ0v) is 6.44. The van der Waals surface area contributed by atoms with Gasteiger partial charge in [-0.2, -0.15) is 13.2 Å². The van der Waals surface area contributed by atoms with Gasteiger partial charge in [-0.25, -0.2) is 0 Å². The van der Waals surface area contributed by atoms with Gasteiger partial charge in [-0.1, -0.05) is 6.08 Å². The second-order valence-electron chi connectivity index (χ2n) is 2.59. The van der Waals surface area contributed by atoms with Crippen molar-refractivity contribution in [3.05, 3.63) is 23.4 Å². The van der Waals surface area contributed by atoms with Crippen LogP contribution in [0.2, 0.25) is 0 Å². The Bertz CT molecular complexity index is 240. The Hall–Kier alpha value is -0.970. The molecule has 1 rings (SSSR count). The van der Waals surface area contributed by atoms with Crippen molar-refractivity contribution in [1.29, 1.82) is 0 Å². The summed E-state index contributed by atoms with van der Waals surface area (Å²) in [4.78, 5) is 0. The van der Waals surface area contributed by atoms with Crippen LogP contribution in [0.5, 0.6) is 0 Å². The van der Waals surface area contributed by atoms with Gasteiger partial charge in [0.1, 0.15) is 5.70 Å². The lowest BCUT2D eigenvalue weighted by Crippen LogP contribution is -2.41. The molecule has 1 aliphatic rings. The van der Waals surface area contributed by atoms with Gasteiger partial charge in [0.05, 0.1) is 6.17 Å². The van der Waals surface area contributed by atoms with E-state index in [0.717, 1.165) is 0 Å². The first-order valence-corrected chi connectivity index (χ1v) is 3.39. The quantitative estimate of drug-likeness (QED) is 0.586. The summed E-state index contributed by atoms with van der Waals surface area (Å²) in [7, 11) is 0. The molecule has 68 valence electrons. The van der Waals surface area contributed by atoms with E-state index < -0.39 is 18.0 Å². The third-order valence-electron chi connectivity index (χ3n) is 1.54. The van der Waals surface area contributed by atoms with Crippen LogP contribution in [-0.4, -0.2) is 12.3 Å². The molecule has 0 aromatic carbocycles. The number of halogens is 3. The number of hydrogen-bond donors (Lipinski definition) is 2. The van der Waals surface area contributed by atoms with E-state index in [4.69, 9.17) is 5.73 Å². The Labute approximate surface area is 67.9 Å². The molecule has 1 aliphatic heterocycles. The van der Waals surface area contributed by atoms with Crippen LogP contribution in [0.4, 0.5) is 13.2 Å². The topological polar surface area (TPSA) is 38.0 Å². The maximum atomic E-state index is 12.2. The van der Waals surface area contributed by atoms with Crippen LogP contribution in [0, 0.1) is 0 Å². The van der Waals surface area contributed by atoms with E-state index in [0.29, 0.717) is 0 Å². The second-order valence-corrected chi connectivity index (χ2v) is 2.59. The summed E-state index contributed by atoms with van der Waals surface area (Å²) < 4.78 is 36.5. The standard InChI is InChI=1S/C7H9F3N2/c1-4-2-3-5(11)12-6(4)7(8,9)10/h2-3,5,12H,11H2,1H3. The molecule has 1 atom stereocenters. The average molecular weight is 178 g/mol. The molecule has 0 saturated carbocycles. The fourth-order valence-corrected chi connectivity index (χ4v) is 0.965. The van der Waals surface area contributed by atoms with Gasteiger partial charge < -0.3 is 11.1 Å². The Balaban J connectivity index is 2.94. The molecule has 1 heterocycles. The third-order valence-corrected chi connectivity index (χ3v) is 1.54. The smallest absolute Gasteiger partial charge is 0.362 e. The molecule has 0 radical (unpaired) electrons. The van der Waals surface area contributed by atoms with Gasteiger partial charge in [-0.05, 0) is 18.6 Å². The van der Waals surface area contributed by atoms with Crippen LogP contribution in [0.15, 0.2) is 23.4 Å². The molecule has 0 amide bonds. The van der Waals surface area contributed by atoms with E-state index in [2.05, 4.69) is 5.32 Å². The fourth-order valence-electron chi connectivity index (χ4n) is 0.965. The first-order valence-electron chi connectivity index (χ1n) is 3.39. The number of hydrogen-bond acceptors (Lipinski definition) is 2. The second kappa shape index (κ2) is 2.82. The number of allylic oxidation sites excluding steroid dienone is 3. The van der Waals surface area contributed by atoms with Crippen LogP contribution in [-0.2, 0) is 0 Å². The lowest BCUT2D eigenvalue weighted by Gasteiger charge is -2.22. The average Bonchev–Trinajstić information content (AvgIpc) is 1.92. The van der Waals surface area contributed by atoms with E-state index in [1.165, 1.54) is 19.1 Å². The van der Waals surface area contributed by atoms with E-state index in [9.17, 15) is 13.2 Å². The SMILES string of the molecule is CC1=C(C(F)(F)F)NC(N)C=C1. The van der Waals surface area contributed by atoms with E-state index in [-0.39, 0.29) is 5.57 Å². The summed E-state index contributed by atoms with van der Waals surface area (Å²) in [6, 6.07) is 0. The summed E-state index contributed by atoms with van der Waals surface area (Å²) in [6.07, 6.45) is -2.24. The first-order chi connectivity index (χ1) is 5.41. The molecule has 5 heteroatoms. The van der Waals surface area contributed by atoms with Gasteiger partial charge in [0.25, 0.3) is 0 Å². The molecule has 12 heavy (non-hydrogen) atoms. The highest BCUT2D eigenvalue weighted by Gasteiger charge is 2.36. The molecule has 0 bridgehead atoms. The Kier molecular flexibility index (Phi) is 2.14. The predicted molar refractivity (Wildman–Crippen MR) is 39.0 cm³/mol. The Morgan fingerprint density at radius 3 is 2.50 bits per heavy atom. The molecule has 3 N–H and O–H groups in total. The fraction of sp³-hybridized carbons (Fsp3) is 0.429. The highest BCUT2D eigenvalue weighted by molar-refractivity contribution is 5.30. The van der Waals surface area contributed by atoms with Gasteiger partial charge in [0.2, 0.25) is 0 Å². The summed E-state index contributed by atoms with van der Waals surface area (Å²) in [6.45, 7) is 1.39. The Morgan fingerprint density at radius 2 is 2.08 bits per heavy atom. The lowest BCUT2D eigenvalue weighted by molar-refractivity contribution is -0.0982. The highest BCUT2D eigenvalue weighted by atomic mass is 19.4. The molecule has 0 saturated heterocycles. The zero-order chi connectivity index (χ0) is 9.35. The van der Waals surface area contributed by atoms with Gasteiger partial charge in [0.15, 0.2) is 0 Å². The van der Waals surface area contributed by atoms with Crippen molar-refractivity contribution in [3.8, 4) is 0 Å². The van der Waals surface area contributed by atoms with Crippen molar-refractivity contribution >= 4 is 0 Å². The van der Waals surface area contributed by atoms with Gasteiger partial charge in [-0.15, -0.1) is 0 Å². The van der Waals surface area contributed by atoms with Gasteiger partial charge >= 0.3 is 6.18 Å². The minimum absolute atomic E-state index is 0.157. The van der Waals surface area contributed by atoms with Crippen LogP contribution in [0.3, 0.4) is 0 Å². The van der Waals surface area contributed by atoms with Crippen molar-refractivity contribution in [2.24, 2.45) is 5.73 Å². The maximum Gasteiger partial charge on any atom is 0.431 e. The lowest BCUT2D eigenvalue weighted by atomic mass is 10.1. The van der Waals surface area contributed by atoms with Crippen molar-refractivity contribution < 1.29 is 13.2 Å².